The number of carbonyl (C=O) groups excluding carboxylic acids is 1. The lowest BCUT2D eigenvalue weighted by molar-refractivity contribution is -0.121. The highest BCUT2D eigenvalue weighted by Gasteiger charge is 2.23. The normalized spacial score (nSPS) is 12.8. The number of benzene rings is 2. The second-order valence-corrected chi connectivity index (χ2v) is 8.40. The number of nitrogens with one attached hydrogen (secondary N) is 1. The summed E-state index contributed by atoms with van der Waals surface area (Å²) in [5.41, 5.74) is 2.10. The van der Waals surface area contributed by atoms with Crippen molar-refractivity contribution in [3.05, 3.63) is 64.7 Å². The average Bonchev–Trinajstić information content (AvgIpc) is 2.55. The van der Waals surface area contributed by atoms with E-state index in [1.165, 1.54) is 31.3 Å². The van der Waals surface area contributed by atoms with Crippen LogP contribution in [0.3, 0.4) is 0 Å². The zero-order chi connectivity index (χ0) is 18.6. The van der Waals surface area contributed by atoms with Crippen LogP contribution in [0.25, 0.3) is 0 Å². The largest absolute Gasteiger partial charge is 0.348 e. The van der Waals surface area contributed by atoms with E-state index in [1.54, 1.807) is 0 Å². The number of halogens is 1. The quantitative estimate of drug-likeness (QED) is 0.837. The number of nitrogens with zero attached hydrogens (tertiary/aromatic N) is 1. The van der Waals surface area contributed by atoms with Crippen molar-refractivity contribution in [2.45, 2.75) is 24.8 Å². The van der Waals surface area contributed by atoms with Crippen molar-refractivity contribution in [3.8, 4) is 0 Å². The van der Waals surface area contributed by atoms with Crippen LogP contribution >= 0.6 is 11.6 Å². The van der Waals surface area contributed by atoms with Crippen molar-refractivity contribution in [1.29, 1.82) is 0 Å². The Morgan fingerprint density at radius 2 is 1.68 bits per heavy atom. The van der Waals surface area contributed by atoms with E-state index in [1.807, 2.05) is 38.1 Å². The van der Waals surface area contributed by atoms with E-state index in [0.717, 1.165) is 15.4 Å². The van der Waals surface area contributed by atoms with Crippen LogP contribution in [0.1, 0.15) is 24.1 Å². The van der Waals surface area contributed by atoms with E-state index < -0.39 is 10.0 Å². The fourth-order valence-electron chi connectivity index (χ4n) is 2.30. The first-order valence-corrected chi connectivity index (χ1v) is 9.60. The minimum atomic E-state index is -3.74. The Morgan fingerprint density at radius 3 is 2.24 bits per heavy atom. The minimum absolute atomic E-state index is 0.0961. The van der Waals surface area contributed by atoms with E-state index in [0.29, 0.717) is 5.02 Å². The Morgan fingerprint density at radius 1 is 1.12 bits per heavy atom. The predicted octanol–water partition coefficient (Wildman–Crippen LogP) is 3.15. The van der Waals surface area contributed by atoms with Gasteiger partial charge in [0.05, 0.1) is 17.5 Å². The summed E-state index contributed by atoms with van der Waals surface area (Å²) in [6.07, 6.45) is 0. The Kier molecular flexibility index (Phi) is 6.21. The van der Waals surface area contributed by atoms with Crippen LogP contribution in [0.15, 0.2) is 53.4 Å². The van der Waals surface area contributed by atoms with Gasteiger partial charge in [0.1, 0.15) is 0 Å². The second-order valence-electron chi connectivity index (χ2n) is 5.91. The van der Waals surface area contributed by atoms with Crippen LogP contribution < -0.4 is 5.32 Å². The molecule has 0 aliphatic heterocycles. The molecule has 0 heterocycles. The molecular formula is C18H21ClN2O3S. The van der Waals surface area contributed by atoms with E-state index in [9.17, 15) is 13.2 Å². The predicted molar refractivity (Wildman–Crippen MR) is 99.0 cm³/mol. The molecule has 0 unspecified atom stereocenters. The molecule has 0 bridgehead atoms. The first-order valence-electron chi connectivity index (χ1n) is 7.78. The second kappa shape index (κ2) is 7.99. The molecule has 1 amide bonds. The Bertz CT molecular complexity index is 834. The molecule has 1 atom stereocenters. The lowest BCUT2D eigenvalue weighted by Gasteiger charge is -2.19. The molecule has 0 spiro atoms. The number of hydrogen-bond acceptors (Lipinski definition) is 3. The van der Waals surface area contributed by atoms with Crippen molar-refractivity contribution in [1.82, 2.24) is 9.62 Å². The van der Waals surface area contributed by atoms with Gasteiger partial charge in [0.2, 0.25) is 15.9 Å². The van der Waals surface area contributed by atoms with Crippen molar-refractivity contribution >= 4 is 27.5 Å². The van der Waals surface area contributed by atoms with Crippen molar-refractivity contribution in [3.63, 3.8) is 0 Å². The standard InChI is InChI=1S/C18H21ClN2O3S/c1-13-4-6-15(7-5-13)14(2)20-18(22)12-21(3)25(23,24)17-10-8-16(19)9-11-17/h4-11,14H,12H2,1-3H3,(H,20,22)/t14-/m1/s1. The molecule has 25 heavy (non-hydrogen) atoms. The fraction of sp³-hybridized carbons (Fsp3) is 0.278. The van der Waals surface area contributed by atoms with Gasteiger partial charge in [-0.05, 0) is 43.7 Å². The van der Waals surface area contributed by atoms with E-state index in [2.05, 4.69) is 5.32 Å². The van der Waals surface area contributed by atoms with Crippen LogP contribution in [-0.2, 0) is 14.8 Å². The molecule has 1 N–H and O–H groups in total. The van der Waals surface area contributed by atoms with Crippen LogP contribution in [0, 0.1) is 6.92 Å². The average molecular weight is 381 g/mol. The lowest BCUT2D eigenvalue weighted by atomic mass is 10.1. The van der Waals surface area contributed by atoms with Gasteiger partial charge in [-0.25, -0.2) is 8.42 Å². The van der Waals surface area contributed by atoms with E-state index in [4.69, 9.17) is 11.6 Å². The highest BCUT2D eigenvalue weighted by Crippen LogP contribution is 2.18. The molecule has 2 aromatic carbocycles. The van der Waals surface area contributed by atoms with Crippen LogP contribution in [0.5, 0.6) is 0 Å². The Hall–Kier alpha value is -1.89. The van der Waals surface area contributed by atoms with Crippen molar-refractivity contribution < 1.29 is 13.2 Å². The highest BCUT2D eigenvalue weighted by atomic mass is 35.5. The third-order valence-corrected chi connectivity index (χ3v) is 5.91. The number of carbonyl (C=O) groups is 1. The van der Waals surface area contributed by atoms with Gasteiger partial charge < -0.3 is 5.32 Å². The van der Waals surface area contributed by atoms with Gasteiger partial charge in [0.15, 0.2) is 0 Å². The van der Waals surface area contributed by atoms with Crippen molar-refractivity contribution in [2.24, 2.45) is 0 Å². The molecule has 0 aliphatic rings. The Labute approximate surface area is 153 Å². The number of sulfonamides is 1. The van der Waals surface area contributed by atoms with E-state index >= 15 is 0 Å². The first-order chi connectivity index (χ1) is 11.7. The maximum atomic E-state index is 12.5. The monoisotopic (exact) mass is 380 g/mol. The van der Waals surface area contributed by atoms with Gasteiger partial charge in [-0.2, -0.15) is 4.31 Å². The van der Waals surface area contributed by atoms with Gasteiger partial charge >= 0.3 is 0 Å². The topological polar surface area (TPSA) is 66.5 Å². The zero-order valence-electron chi connectivity index (χ0n) is 14.4. The summed E-state index contributed by atoms with van der Waals surface area (Å²) in [7, 11) is -2.37. The maximum Gasteiger partial charge on any atom is 0.243 e. The summed E-state index contributed by atoms with van der Waals surface area (Å²) in [5, 5.41) is 3.26. The molecule has 5 nitrogen and oxygen atoms in total. The third-order valence-electron chi connectivity index (χ3n) is 3.84. The van der Waals surface area contributed by atoms with Gasteiger partial charge in [0, 0.05) is 12.1 Å². The van der Waals surface area contributed by atoms with Crippen LogP contribution in [0.2, 0.25) is 5.02 Å². The molecular weight excluding hydrogens is 360 g/mol. The fourth-order valence-corrected chi connectivity index (χ4v) is 3.55. The van der Waals surface area contributed by atoms with E-state index in [-0.39, 0.29) is 23.4 Å². The van der Waals surface area contributed by atoms with Gasteiger partial charge in [-0.3, -0.25) is 4.79 Å². The smallest absolute Gasteiger partial charge is 0.243 e. The molecule has 0 saturated heterocycles. The van der Waals surface area contributed by atoms with Crippen molar-refractivity contribution in [2.75, 3.05) is 13.6 Å². The third kappa shape index (κ3) is 5.04. The molecule has 0 saturated carbocycles. The molecule has 0 fully saturated rings. The first kappa shape index (κ1) is 19.4. The molecule has 0 radical (unpaired) electrons. The lowest BCUT2D eigenvalue weighted by Crippen LogP contribution is -2.39. The molecule has 2 rings (SSSR count). The summed E-state index contributed by atoms with van der Waals surface area (Å²) in [6.45, 7) is 3.58. The van der Waals surface area contributed by atoms with Crippen LogP contribution in [0.4, 0.5) is 0 Å². The minimum Gasteiger partial charge on any atom is -0.348 e. The number of amides is 1. The van der Waals surface area contributed by atoms with Gasteiger partial charge in [-0.15, -0.1) is 0 Å². The summed E-state index contributed by atoms with van der Waals surface area (Å²) in [6, 6.07) is 13.4. The number of rotatable bonds is 6. The SMILES string of the molecule is Cc1ccc([C@@H](C)NC(=O)CN(C)S(=O)(=O)c2ccc(Cl)cc2)cc1. The van der Waals surface area contributed by atoms with Gasteiger partial charge in [-0.1, -0.05) is 41.4 Å². The molecule has 0 aromatic heterocycles. The number of likely N-dealkylation sites (N-methyl/N-ethyl adjacent to an activating group) is 1. The summed E-state index contributed by atoms with van der Waals surface area (Å²) in [4.78, 5) is 12.3. The molecule has 0 aliphatic carbocycles. The maximum absolute atomic E-state index is 12.5. The highest BCUT2D eigenvalue weighted by molar-refractivity contribution is 7.89. The zero-order valence-corrected chi connectivity index (χ0v) is 15.9. The Balaban J connectivity index is 2.01. The van der Waals surface area contributed by atoms with Gasteiger partial charge in [0.25, 0.3) is 0 Å². The molecule has 134 valence electrons. The summed E-state index contributed by atoms with van der Waals surface area (Å²) < 4.78 is 26.0. The summed E-state index contributed by atoms with van der Waals surface area (Å²) in [5.74, 6) is -0.367. The van der Waals surface area contributed by atoms with Crippen LogP contribution in [-0.4, -0.2) is 32.2 Å². The summed E-state index contributed by atoms with van der Waals surface area (Å²) >= 11 is 5.78. The number of hydrogen-bond donors (Lipinski definition) is 1. The molecule has 2 aromatic rings. The number of aryl methyl sites for hydroxylation is 1. The molecule has 7 heteroatoms.